The van der Waals surface area contributed by atoms with Crippen LogP contribution in [0.15, 0.2) is 42.5 Å². The molecule has 1 saturated heterocycles. The Balaban J connectivity index is 1.85. The molecule has 1 amide bonds. The first-order chi connectivity index (χ1) is 16.6. The molecule has 1 fully saturated rings. The average molecular weight is 520 g/mol. The minimum atomic E-state index is -1.63. The van der Waals surface area contributed by atoms with Crippen molar-refractivity contribution in [3.8, 4) is 11.1 Å². The predicted molar refractivity (Wildman–Crippen MR) is 133 cm³/mol. The average Bonchev–Trinajstić information content (AvgIpc) is 2.73. The summed E-state index contributed by atoms with van der Waals surface area (Å²) in [6.45, 7) is 9.57. The van der Waals surface area contributed by atoms with Gasteiger partial charge in [0.15, 0.2) is 5.41 Å². The van der Waals surface area contributed by atoms with E-state index in [1.54, 1.807) is 51.1 Å². The summed E-state index contributed by atoms with van der Waals surface area (Å²) >= 11 is 6.01. The first-order valence-electron chi connectivity index (χ1n) is 11.6. The third kappa shape index (κ3) is 6.75. The number of esters is 2. The Morgan fingerprint density at radius 2 is 1.64 bits per heavy atom. The maximum atomic E-state index is 14.3. The lowest BCUT2D eigenvalue weighted by molar-refractivity contribution is -0.250. The molecule has 9 heteroatoms. The van der Waals surface area contributed by atoms with Gasteiger partial charge in [-0.25, -0.2) is 9.18 Å². The van der Waals surface area contributed by atoms with Gasteiger partial charge in [-0.3, -0.25) is 9.59 Å². The van der Waals surface area contributed by atoms with Crippen LogP contribution >= 0.6 is 11.6 Å². The molecule has 194 valence electrons. The van der Waals surface area contributed by atoms with E-state index in [1.807, 2.05) is 0 Å². The van der Waals surface area contributed by atoms with Crippen molar-refractivity contribution in [1.82, 2.24) is 5.32 Å². The van der Waals surface area contributed by atoms with Gasteiger partial charge >= 0.3 is 18.0 Å². The highest BCUT2D eigenvalue weighted by atomic mass is 35.5. The number of rotatable bonds is 6. The van der Waals surface area contributed by atoms with E-state index < -0.39 is 46.7 Å². The fraction of sp³-hybridized carbons (Fsp3) is 0.444. The minimum Gasteiger partial charge on any atom is -0.444 e. The molecule has 0 aromatic heterocycles. The third-order valence-corrected chi connectivity index (χ3v) is 5.86. The molecule has 1 N–H and O–H groups in total. The van der Waals surface area contributed by atoms with Gasteiger partial charge in [0.2, 0.25) is 0 Å². The van der Waals surface area contributed by atoms with E-state index in [2.05, 4.69) is 5.32 Å². The van der Waals surface area contributed by atoms with Crippen molar-refractivity contribution in [2.75, 3.05) is 0 Å². The molecule has 3 rings (SSSR count). The number of carbonyl (C=O) groups excluding carboxylic acids is 3. The molecule has 1 aliphatic heterocycles. The fourth-order valence-corrected chi connectivity index (χ4v) is 4.08. The summed E-state index contributed by atoms with van der Waals surface area (Å²) in [4.78, 5) is 38.1. The summed E-state index contributed by atoms with van der Waals surface area (Å²) in [5.41, 5.74) is -0.597. The number of nitrogens with one attached hydrogen (secondary N) is 1. The van der Waals surface area contributed by atoms with Crippen LogP contribution in [0.25, 0.3) is 11.1 Å². The van der Waals surface area contributed by atoms with Crippen molar-refractivity contribution in [3.63, 3.8) is 0 Å². The molecular weight excluding hydrogens is 489 g/mol. The van der Waals surface area contributed by atoms with Crippen molar-refractivity contribution in [3.05, 3.63) is 58.9 Å². The van der Waals surface area contributed by atoms with Crippen molar-refractivity contribution >= 4 is 29.6 Å². The highest BCUT2D eigenvalue weighted by Crippen LogP contribution is 2.36. The standard InChI is InChI=1S/C27H31ClFNO6/c1-25(2,3)36-24(33)30-19(15-27(6)22(31)34-26(4,5)35-23(27)32)13-16-7-9-17(10-8-16)20-14-18(28)11-12-21(20)29/h7-12,14,19H,13,15H2,1-6H3,(H,30,33)/t19-/m1/s1. The van der Waals surface area contributed by atoms with Crippen LogP contribution in [0.3, 0.4) is 0 Å². The van der Waals surface area contributed by atoms with Gasteiger partial charge in [-0.05, 0) is 69.9 Å². The molecule has 0 spiro atoms. The number of cyclic esters (lactones) is 2. The summed E-state index contributed by atoms with van der Waals surface area (Å²) in [5, 5.41) is 3.18. The molecule has 7 nitrogen and oxygen atoms in total. The molecule has 2 aromatic rings. The monoisotopic (exact) mass is 519 g/mol. The number of ether oxygens (including phenoxy) is 3. The Labute approximate surface area is 215 Å². The summed E-state index contributed by atoms with van der Waals surface area (Å²) in [5.74, 6) is -3.23. The predicted octanol–water partition coefficient (Wildman–Crippen LogP) is 5.81. The first-order valence-corrected chi connectivity index (χ1v) is 12.0. The Kier molecular flexibility index (Phi) is 7.69. The van der Waals surface area contributed by atoms with E-state index >= 15 is 0 Å². The van der Waals surface area contributed by atoms with Crippen LogP contribution in [0.5, 0.6) is 0 Å². The normalized spacial score (nSPS) is 17.6. The number of halogens is 2. The highest BCUT2D eigenvalue weighted by molar-refractivity contribution is 6.30. The van der Waals surface area contributed by atoms with Crippen LogP contribution in [0.4, 0.5) is 9.18 Å². The summed E-state index contributed by atoms with van der Waals surface area (Å²) < 4.78 is 30.3. The maximum Gasteiger partial charge on any atom is 0.407 e. The van der Waals surface area contributed by atoms with Gasteiger partial charge in [0.25, 0.3) is 5.79 Å². The molecule has 36 heavy (non-hydrogen) atoms. The summed E-state index contributed by atoms with van der Waals surface area (Å²) in [6.07, 6.45) is -0.506. The van der Waals surface area contributed by atoms with E-state index in [4.69, 9.17) is 25.8 Å². The van der Waals surface area contributed by atoms with E-state index in [0.717, 1.165) is 5.56 Å². The molecule has 1 aliphatic rings. The van der Waals surface area contributed by atoms with Gasteiger partial charge in [0.1, 0.15) is 11.4 Å². The van der Waals surface area contributed by atoms with E-state index in [0.29, 0.717) is 16.1 Å². The van der Waals surface area contributed by atoms with Gasteiger partial charge in [-0.2, -0.15) is 0 Å². The zero-order valence-corrected chi connectivity index (χ0v) is 22.0. The molecule has 0 radical (unpaired) electrons. The summed E-state index contributed by atoms with van der Waals surface area (Å²) in [7, 11) is 0. The number of hydrogen-bond donors (Lipinski definition) is 1. The Hall–Kier alpha value is -3.13. The minimum absolute atomic E-state index is 0.0787. The number of alkyl carbamates (subject to hydrolysis) is 1. The second kappa shape index (κ2) is 10.1. The van der Waals surface area contributed by atoms with Gasteiger partial charge in [-0.1, -0.05) is 35.9 Å². The van der Waals surface area contributed by atoms with Crippen molar-refractivity contribution in [1.29, 1.82) is 0 Å². The molecule has 0 unspecified atom stereocenters. The van der Waals surface area contributed by atoms with Crippen LogP contribution in [0, 0.1) is 11.2 Å². The molecule has 1 heterocycles. The van der Waals surface area contributed by atoms with Crippen LogP contribution in [-0.4, -0.2) is 35.5 Å². The van der Waals surface area contributed by atoms with Crippen LogP contribution in [0.2, 0.25) is 5.02 Å². The van der Waals surface area contributed by atoms with Gasteiger partial charge in [-0.15, -0.1) is 0 Å². The van der Waals surface area contributed by atoms with Gasteiger partial charge < -0.3 is 19.5 Å². The summed E-state index contributed by atoms with van der Waals surface area (Å²) in [6, 6.07) is 10.7. The smallest absolute Gasteiger partial charge is 0.407 e. The number of amides is 1. The zero-order chi connectivity index (χ0) is 26.9. The highest BCUT2D eigenvalue weighted by Gasteiger charge is 2.54. The zero-order valence-electron chi connectivity index (χ0n) is 21.2. The fourth-order valence-electron chi connectivity index (χ4n) is 3.91. The molecule has 2 aromatic carbocycles. The van der Waals surface area contributed by atoms with Crippen LogP contribution < -0.4 is 5.32 Å². The number of hydrogen-bond acceptors (Lipinski definition) is 6. The second-order valence-corrected chi connectivity index (χ2v) is 11.0. The Morgan fingerprint density at radius 3 is 2.19 bits per heavy atom. The lowest BCUT2D eigenvalue weighted by Crippen LogP contribution is -2.55. The van der Waals surface area contributed by atoms with Crippen LogP contribution in [-0.2, 0) is 30.2 Å². The third-order valence-electron chi connectivity index (χ3n) is 5.63. The van der Waals surface area contributed by atoms with Gasteiger partial charge in [0, 0.05) is 30.5 Å². The molecule has 0 bridgehead atoms. The van der Waals surface area contributed by atoms with E-state index in [9.17, 15) is 18.8 Å². The van der Waals surface area contributed by atoms with E-state index in [1.165, 1.54) is 32.9 Å². The molecular formula is C27H31ClFNO6. The lowest BCUT2D eigenvalue weighted by atomic mass is 9.81. The molecule has 0 aliphatic carbocycles. The molecule has 0 saturated carbocycles. The number of benzene rings is 2. The van der Waals surface area contributed by atoms with Crippen molar-refractivity contribution < 1.29 is 33.0 Å². The van der Waals surface area contributed by atoms with Crippen LogP contribution in [0.1, 0.15) is 53.5 Å². The van der Waals surface area contributed by atoms with E-state index in [-0.39, 0.29) is 12.8 Å². The number of carbonyl (C=O) groups is 3. The SMILES string of the molecule is CC(C)(C)OC(=O)N[C@H](Cc1ccc(-c2cc(Cl)ccc2F)cc1)CC1(C)C(=O)OC(C)(C)OC1=O. The first kappa shape index (κ1) is 27.5. The second-order valence-electron chi connectivity index (χ2n) is 10.6. The quantitative estimate of drug-likeness (QED) is 0.382. The Morgan fingerprint density at radius 1 is 1.06 bits per heavy atom. The van der Waals surface area contributed by atoms with Gasteiger partial charge in [0.05, 0.1) is 0 Å². The lowest BCUT2D eigenvalue weighted by Gasteiger charge is -2.39. The largest absolute Gasteiger partial charge is 0.444 e. The molecule has 1 atom stereocenters. The Bertz CT molecular complexity index is 1140. The maximum absolute atomic E-state index is 14.3. The van der Waals surface area contributed by atoms with Crippen molar-refractivity contribution in [2.24, 2.45) is 5.41 Å². The van der Waals surface area contributed by atoms with Crippen molar-refractivity contribution in [2.45, 2.75) is 71.8 Å². The topological polar surface area (TPSA) is 90.9 Å².